The maximum Gasteiger partial charge on any atom is 0.338 e. The van der Waals surface area contributed by atoms with Gasteiger partial charge in [0.2, 0.25) is 0 Å². The van der Waals surface area contributed by atoms with Crippen molar-refractivity contribution in [1.29, 1.82) is 5.26 Å². The standard InChI is InChI=1S/C21H17N3O10S/c1-31-21-17(34-20(26)13-4-8-15(9-5-13)24(29)30)18(35-11-22)16(33-21)10-32-19(25)12-2-6-14(7-3-12)23(27)28/h2-9,16-18,21H,10H2,1H3/t16-,17-,18+,21+/m0/s1. The molecule has 0 bridgehead atoms. The molecule has 0 radical (unpaired) electrons. The van der Waals surface area contributed by atoms with Crippen molar-refractivity contribution in [2.75, 3.05) is 13.7 Å². The Labute approximate surface area is 201 Å². The first-order chi connectivity index (χ1) is 16.7. The minimum absolute atomic E-state index is 0.0409. The van der Waals surface area contributed by atoms with Crippen LogP contribution in [0.15, 0.2) is 48.5 Å². The van der Waals surface area contributed by atoms with Gasteiger partial charge >= 0.3 is 11.9 Å². The number of carbonyl (C=O) groups excluding carboxylic acids is 2. The summed E-state index contributed by atoms with van der Waals surface area (Å²) in [5.74, 6) is -1.59. The molecule has 14 heteroatoms. The fourth-order valence-corrected chi connectivity index (χ4v) is 3.95. The maximum absolute atomic E-state index is 12.6. The van der Waals surface area contributed by atoms with Crippen LogP contribution in [0.25, 0.3) is 0 Å². The smallest absolute Gasteiger partial charge is 0.338 e. The predicted molar refractivity (Wildman–Crippen MR) is 118 cm³/mol. The Kier molecular flexibility index (Phi) is 8.31. The van der Waals surface area contributed by atoms with Crippen molar-refractivity contribution in [3.8, 4) is 5.40 Å². The van der Waals surface area contributed by atoms with Gasteiger partial charge in [0.15, 0.2) is 12.4 Å². The summed E-state index contributed by atoms with van der Waals surface area (Å²) in [7, 11) is 1.30. The van der Waals surface area contributed by atoms with E-state index in [0.29, 0.717) is 0 Å². The summed E-state index contributed by atoms with van der Waals surface area (Å²) in [5.41, 5.74) is -0.276. The number of esters is 2. The highest BCUT2D eigenvalue weighted by molar-refractivity contribution is 8.04. The number of nitrogens with zero attached hydrogens (tertiary/aromatic N) is 3. The number of ether oxygens (including phenoxy) is 4. The number of nitro benzene ring substituents is 2. The van der Waals surface area contributed by atoms with E-state index in [-0.39, 0.29) is 29.1 Å². The van der Waals surface area contributed by atoms with E-state index in [1.807, 2.05) is 5.40 Å². The molecule has 2 aromatic rings. The first-order valence-corrected chi connectivity index (χ1v) is 10.7. The summed E-state index contributed by atoms with van der Waals surface area (Å²) in [4.78, 5) is 45.3. The second-order valence-corrected chi connectivity index (χ2v) is 7.99. The van der Waals surface area contributed by atoms with E-state index in [4.69, 9.17) is 18.9 Å². The van der Waals surface area contributed by atoms with Gasteiger partial charge in [-0.15, -0.1) is 0 Å². The van der Waals surface area contributed by atoms with Gasteiger partial charge in [-0.25, -0.2) is 9.59 Å². The van der Waals surface area contributed by atoms with Crippen molar-refractivity contribution < 1.29 is 38.4 Å². The van der Waals surface area contributed by atoms with Gasteiger partial charge in [0.25, 0.3) is 11.4 Å². The zero-order chi connectivity index (χ0) is 25.5. The predicted octanol–water partition coefficient (Wildman–Crippen LogP) is 2.84. The second kappa shape index (κ2) is 11.4. The summed E-state index contributed by atoms with van der Waals surface area (Å²) >= 11 is 0.738. The molecule has 1 aliphatic rings. The highest BCUT2D eigenvalue weighted by Gasteiger charge is 2.48. The molecule has 0 aromatic heterocycles. The van der Waals surface area contributed by atoms with E-state index in [0.717, 1.165) is 36.0 Å². The van der Waals surface area contributed by atoms with E-state index in [1.165, 1.54) is 31.4 Å². The molecule has 1 heterocycles. The van der Waals surface area contributed by atoms with E-state index in [2.05, 4.69) is 0 Å². The average Bonchev–Trinajstić information content (AvgIpc) is 3.18. The third kappa shape index (κ3) is 6.09. The normalized spacial score (nSPS) is 21.0. The van der Waals surface area contributed by atoms with E-state index >= 15 is 0 Å². The largest absolute Gasteiger partial charge is 0.459 e. The summed E-state index contributed by atoms with van der Waals surface area (Å²) in [5, 5.41) is 31.9. The zero-order valence-corrected chi connectivity index (χ0v) is 18.8. The number of non-ortho nitro benzene ring substituents is 2. The Balaban J connectivity index is 1.68. The van der Waals surface area contributed by atoms with Crippen LogP contribution in [0.3, 0.4) is 0 Å². The molecule has 0 amide bonds. The lowest BCUT2D eigenvalue weighted by atomic mass is 10.1. The Morgan fingerprint density at radius 3 is 1.97 bits per heavy atom. The van der Waals surface area contributed by atoms with E-state index in [9.17, 15) is 35.1 Å². The third-order valence-electron chi connectivity index (χ3n) is 4.94. The van der Waals surface area contributed by atoms with Gasteiger partial charge < -0.3 is 18.9 Å². The van der Waals surface area contributed by atoms with Crippen molar-refractivity contribution in [2.45, 2.75) is 23.7 Å². The number of nitriles is 1. The van der Waals surface area contributed by atoms with Gasteiger partial charge in [-0.3, -0.25) is 20.2 Å². The van der Waals surface area contributed by atoms with Crippen molar-refractivity contribution in [1.82, 2.24) is 0 Å². The molecule has 0 N–H and O–H groups in total. The lowest BCUT2D eigenvalue weighted by molar-refractivity contribution is -0.385. The summed E-state index contributed by atoms with van der Waals surface area (Å²) < 4.78 is 21.6. The highest BCUT2D eigenvalue weighted by atomic mass is 32.2. The Hall–Kier alpha value is -4.06. The topological polar surface area (TPSA) is 181 Å². The number of hydrogen-bond acceptors (Lipinski definition) is 12. The molecule has 0 spiro atoms. The number of methoxy groups -OCH3 is 1. The molecular weight excluding hydrogens is 486 g/mol. The quantitative estimate of drug-likeness (QED) is 0.211. The number of benzene rings is 2. The van der Waals surface area contributed by atoms with E-state index in [1.54, 1.807) is 0 Å². The molecule has 4 atom stereocenters. The number of rotatable bonds is 9. The Morgan fingerprint density at radius 2 is 1.51 bits per heavy atom. The molecule has 0 aliphatic carbocycles. The maximum atomic E-state index is 12.6. The molecule has 1 aliphatic heterocycles. The van der Waals surface area contributed by atoms with E-state index < -0.39 is 45.5 Å². The highest BCUT2D eigenvalue weighted by Crippen LogP contribution is 2.34. The molecule has 35 heavy (non-hydrogen) atoms. The third-order valence-corrected chi connectivity index (χ3v) is 5.89. The number of thiocyanates is 1. The van der Waals surface area contributed by atoms with Gasteiger partial charge in [0.1, 0.15) is 18.1 Å². The SMILES string of the molecule is CO[C@@H]1O[C@@H](COC(=O)c2ccc([N+](=O)[O-])cc2)[C@@H](SC#N)[C@@H]1OC(=O)c1ccc([N+](=O)[O-])cc1. The number of hydrogen-bond donors (Lipinski definition) is 0. The lowest BCUT2D eigenvalue weighted by Gasteiger charge is -2.21. The molecule has 0 saturated carbocycles. The summed E-state index contributed by atoms with van der Waals surface area (Å²) in [6, 6.07) is 9.56. The van der Waals surface area contributed by atoms with Crippen molar-refractivity contribution in [2.24, 2.45) is 0 Å². The first kappa shape index (κ1) is 25.6. The summed E-state index contributed by atoms with van der Waals surface area (Å²) in [6.07, 6.45) is -3.03. The van der Waals surface area contributed by atoms with Gasteiger partial charge in [0.05, 0.1) is 26.2 Å². The average molecular weight is 503 g/mol. The zero-order valence-electron chi connectivity index (χ0n) is 18.0. The first-order valence-electron chi connectivity index (χ1n) is 9.85. The molecular formula is C21H17N3O10S. The van der Waals surface area contributed by atoms with Crippen LogP contribution in [0.5, 0.6) is 0 Å². The Morgan fingerprint density at radius 1 is 1.00 bits per heavy atom. The molecule has 1 saturated heterocycles. The van der Waals surface area contributed by atoms with Gasteiger partial charge in [-0.1, -0.05) is 0 Å². The minimum atomic E-state index is -1.08. The number of nitro groups is 2. The van der Waals surface area contributed by atoms with Gasteiger partial charge in [0, 0.05) is 31.4 Å². The van der Waals surface area contributed by atoms with Crippen molar-refractivity contribution >= 4 is 35.1 Å². The van der Waals surface area contributed by atoms with Crippen LogP contribution < -0.4 is 0 Å². The molecule has 0 unspecified atom stereocenters. The molecule has 2 aromatic carbocycles. The minimum Gasteiger partial charge on any atom is -0.459 e. The van der Waals surface area contributed by atoms with Crippen molar-refractivity contribution in [3.05, 3.63) is 79.9 Å². The van der Waals surface area contributed by atoms with Crippen LogP contribution in [0.4, 0.5) is 11.4 Å². The van der Waals surface area contributed by atoms with Crippen molar-refractivity contribution in [3.63, 3.8) is 0 Å². The van der Waals surface area contributed by atoms with Crippen LogP contribution in [0, 0.1) is 30.9 Å². The number of carbonyl (C=O) groups is 2. The van der Waals surface area contributed by atoms with Gasteiger partial charge in [-0.05, 0) is 36.0 Å². The molecule has 3 rings (SSSR count). The lowest BCUT2D eigenvalue weighted by Crippen LogP contribution is -2.37. The van der Waals surface area contributed by atoms with Crippen LogP contribution in [0.1, 0.15) is 20.7 Å². The van der Waals surface area contributed by atoms with Crippen LogP contribution >= 0.6 is 11.8 Å². The monoisotopic (exact) mass is 503 g/mol. The van der Waals surface area contributed by atoms with Crippen LogP contribution in [0.2, 0.25) is 0 Å². The fraction of sp³-hybridized carbons (Fsp3) is 0.286. The van der Waals surface area contributed by atoms with Crippen LogP contribution in [-0.4, -0.2) is 59.2 Å². The molecule has 1 fully saturated rings. The second-order valence-electron chi connectivity index (χ2n) is 7.03. The van der Waals surface area contributed by atoms with Crippen LogP contribution in [-0.2, 0) is 18.9 Å². The molecule has 13 nitrogen and oxygen atoms in total. The molecule has 182 valence electrons. The summed E-state index contributed by atoms with van der Waals surface area (Å²) in [6.45, 7) is -0.319. The fourth-order valence-electron chi connectivity index (χ4n) is 3.22. The Bertz CT molecular complexity index is 1150. The van der Waals surface area contributed by atoms with Gasteiger partial charge in [-0.2, -0.15) is 5.26 Å². The number of thioether (sulfide) groups is 1.